The lowest BCUT2D eigenvalue weighted by molar-refractivity contribution is -0.138. The van der Waals surface area contributed by atoms with Crippen LogP contribution in [0.5, 0.6) is 0 Å². The van der Waals surface area contributed by atoms with Gasteiger partial charge in [0.25, 0.3) is 11.8 Å². The van der Waals surface area contributed by atoms with Gasteiger partial charge in [0.05, 0.1) is 56.4 Å². The molecule has 12 nitrogen and oxygen atoms in total. The highest BCUT2D eigenvalue weighted by Gasteiger charge is 2.36. The number of halogens is 3. The van der Waals surface area contributed by atoms with E-state index in [1.807, 2.05) is 67.8 Å². The van der Waals surface area contributed by atoms with E-state index in [1.165, 1.54) is 11.8 Å². The minimum atomic E-state index is -1.23. The molecule has 3 rings (SSSR count). The number of aliphatic hydroxyl groups is 2. The van der Waals surface area contributed by atoms with Gasteiger partial charge in [-0.1, -0.05) is 0 Å². The van der Waals surface area contributed by atoms with Gasteiger partial charge in [-0.3, -0.25) is 14.4 Å². The van der Waals surface area contributed by atoms with E-state index in [4.69, 9.17) is 18.9 Å². The van der Waals surface area contributed by atoms with E-state index in [9.17, 15) is 24.6 Å². The normalized spacial score (nSPS) is 22.1. The number of anilines is 1. The number of hydrogen-bond donors (Lipinski definition) is 4. The zero-order valence-electron chi connectivity index (χ0n) is 22.8. The van der Waals surface area contributed by atoms with Crippen molar-refractivity contribution in [2.24, 2.45) is 0 Å². The molecule has 1 aromatic carbocycles. The topological polar surface area (TPSA) is 156 Å². The molecule has 0 saturated carbocycles. The van der Waals surface area contributed by atoms with Crippen LogP contribution in [0.15, 0.2) is 0 Å². The molecule has 0 aromatic heterocycles. The van der Waals surface area contributed by atoms with Crippen molar-refractivity contribution in [3.8, 4) is 0 Å². The summed E-state index contributed by atoms with van der Waals surface area (Å²) < 4.78 is 23.9. The molecular formula is C25H34I3N3O9. The molecule has 3 unspecified atom stereocenters. The molecule has 2 aliphatic heterocycles. The average Bonchev–Trinajstić information content (AvgIpc) is 3.39. The smallest absolute Gasteiger partial charge is 0.253 e. The minimum Gasteiger partial charge on any atom is -0.394 e. The summed E-state index contributed by atoms with van der Waals surface area (Å²) in [5, 5.41) is 25.3. The van der Waals surface area contributed by atoms with Crippen LogP contribution in [0.25, 0.3) is 0 Å². The summed E-state index contributed by atoms with van der Waals surface area (Å²) in [7, 11) is 0. The van der Waals surface area contributed by atoms with Crippen LogP contribution in [0.4, 0.5) is 5.69 Å². The van der Waals surface area contributed by atoms with E-state index in [0.29, 0.717) is 29.6 Å². The van der Waals surface area contributed by atoms with Crippen molar-refractivity contribution < 1.29 is 43.5 Å². The SMILES string of the molecule is CC(=O)N(CC(O)CO)c1c(I)c(C(=O)NCC2COC(C)(C)O2)c(I)c(C(=O)NCC2COC(C)(C)O2)c1I. The molecule has 2 heterocycles. The van der Waals surface area contributed by atoms with E-state index in [1.54, 1.807) is 27.7 Å². The Morgan fingerprint density at radius 1 is 0.900 bits per heavy atom. The molecule has 224 valence electrons. The second-order valence-electron chi connectivity index (χ2n) is 10.3. The zero-order valence-corrected chi connectivity index (χ0v) is 29.3. The van der Waals surface area contributed by atoms with E-state index in [2.05, 4.69) is 10.6 Å². The fraction of sp³-hybridized carbons (Fsp3) is 0.640. The Bertz CT molecular complexity index is 1080. The van der Waals surface area contributed by atoms with Crippen LogP contribution >= 0.6 is 67.8 Å². The van der Waals surface area contributed by atoms with E-state index >= 15 is 0 Å². The third-order valence-corrected chi connectivity index (χ3v) is 9.30. The van der Waals surface area contributed by atoms with Gasteiger partial charge >= 0.3 is 0 Å². The summed E-state index contributed by atoms with van der Waals surface area (Å²) >= 11 is 5.91. The lowest BCUT2D eigenvalue weighted by Crippen LogP contribution is -2.41. The van der Waals surface area contributed by atoms with Crippen molar-refractivity contribution in [2.45, 2.75) is 64.5 Å². The van der Waals surface area contributed by atoms with Gasteiger partial charge < -0.3 is 44.7 Å². The number of nitrogens with one attached hydrogen (secondary N) is 2. The molecule has 0 aliphatic carbocycles. The number of carbonyl (C=O) groups excluding carboxylic acids is 3. The summed E-state index contributed by atoms with van der Waals surface area (Å²) in [4.78, 5) is 41.1. The largest absolute Gasteiger partial charge is 0.394 e. The molecule has 4 N–H and O–H groups in total. The van der Waals surface area contributed by atoms with Crippen molar-refractivity contribution in [3.63, 3.8) is 0 Å². The van der Waals surface area contributed by atoms with Crippen LogP contribution < -0.4 is 15.5 Å². The van der Waals surface area contributed by atoms with Crippen LogP contribution in [0.2, 0.25) is 0 Å². The molecular weight excluding hydrogens is 867 g/mol. The van der Waals surface area contributed by atoms with Gasteiger partial charge in [-0.05, 0) is 95.5 Å². The molecule has 3 amide bonds. The highest BCUT2D eigenvalue weighted by atomic mass is 127. The average molecular weight is 901 g/mol. The Hall–Kier alpha value is -0.420. The molecule has 0 spiro atoms. The molecule has 2 fully saturated rings. The fourth-order valence-electron chi connectivity index (χ4n) is 4.25. The van der Waals surface area contributed by atoms with Crippen molar-refractivity contribution in [3.05, 3.63) is 21.8 Å². The number of ether oxygens (including phenoxy) is 4. The quantitative estimate of drug-likeness (QED) is 0.258. The van der Waals surface area contributed by atoms with Gasteiger partial charge in [-0.25, -0.2) is 0 Å². The Morgan fingerprint density at radius 3 is 1.65 bits per heavy atom. The second kappa shape index (κ2) is 13.9. The lowest BCUT2D eigenvalue weighted by atomic mass is 10.1. The Labute approximate surface area is 274 Å². The van der Waals surface area contributed by atoms with Crippen LogP contribution in [0, 0.1) is 10.7 Å². The summed E-state index contributed by atoms with van der Waals surface area (Å²) in [5.74, 6) is -2.86. The Kier molecular flexibility index (Phi) is 11.9. The van der Waals surface area contributed by atoms with Gasteiger partial charge in [0.15, 0.2) is 11.6 Å². The molecule has 1 aromatic rings. The number of nitrogens with zero attached hydrogens (tertiary/aromatic N) is 1. The van der Waals surface area contributed by atoms with E-state index in [0.717, 1.165) is 0 Å². The van der Waals surface area contributed by atoms with E-state index < -0.39 is 42.0 Å². The maximum absolute atomic E-state index is 13.6. The van der Waals surface area contributed by atoms with Crippen LogP contribution in [-0.2, 0) is 23.7 Å². The lowest BCUT2D eigenvalue weighted by Gasteiger charge is -2.28. The second-order valence-corrected chi connectivity index (χ2v) is 13.6. The maximum atomic E-state index is 13.6. The van der Waals surface area contributed by atoms with Gasteiger partial charge in [-0.15, -0.1) is 0 Å². The summed E-state index contributed by atoms with van der Waals surface area (Å²) in [6.07, 6.45) is -1.94. The number of amides is 3. The summed E-state index contributed by atoms with van der Waals surface area (Å²) in [6.45, 7) is 8.64. The van der Waals surface area contributed by atoms with Crippen LogP contribution in [-0.4, -0.2) is 97.3 Å². The predicted octanol–water partition coefficient (Wildman–Crippen LogP) is 1.97. The van der Waals surface area contributed by atoms with Gasteiger partial charge in [-0.2, -0.15) is 0 Å². The van der Waals surface area contributed by atoms with Crippen molar-refractivity contribution in [1.29, 1.82) is 0 Å². The fourth-order valence-corrected chi connectivity index (χ4v) is 8.98. The Morgan fingerprint density at radius 2 is 1.32 bits per heavy atom. The van der Waals surface area contributed by atoms with Gasteiger partial charge in [0.2, 0.25) is 5.91 Å². The zero-order chi connectivity index (χ0) is 30.0. The van der Waals surface area contributed by atoms with Gasteiger partial charge in [0.1, 0.15) is 12.2 Å². The Balaban J connectivity index is 2.00. The number of hydrogen-bond acceptors (Lipinski definition) is 9. The van der Waals surface area contributed by atoms with Gasteiger partial charge in [0, 0.05) is 23.6 Å². The summed E-state index contributed by atoms with van der Waals surface area (Å²) in [5.41, 5.74) is 0.692. The van der Waals surface area contributed by atoms with E-state index in [-0.39, 0.29) is 43.0 Å². The standard InChI is InChI=1S/C25H34I3N3O9/c1-12(33)31(8-13(34)9-32)21-19(27)16(22(35)29-6-14-10-37-24(2,3)39-14)18(26)17(20(21)28)23(36)30-7-15-11-38-25(4,5)40-15/h13-15,32,34H,6-11H2,1-5H3,(H,29,35)(H,30,36). The first-order valence-corrected chi connectivity index (χ1v) is 15.8. The first-order chi connectivity index (χ1) is 18.6. The highest BCUT2D eigenvalue weighted by molar-refractivity contribution is 14.1. The van der Waals surface area contributed by atoms with Crippen LogP contribution in [0.1, 0.15) is 55.3 Å². The molecule has 2 aliphatic rings. The first-order valence-electron chi connectivity index (χ1n) is 12.5. The summed E-state index contributed by atoms with van der Waals surface area (Å²) in [6, 6.07) is 0. The number of aliphatic hydroxyl groups excluding tert-OH is 2. The van der Waals surface area contributed by atoms with Crippen molar-refractivity contribution in [1.82, 2.24) is 10.6 Å². The predicted molar refractivity (Wildman–Crippen MR) is 170 cm³/mol. The third-order valence-electron chi connectivity index (χ3n) is 6.12. The number of rotatable bonds is 10. The molecule has 0 bridgehead atoms. The number of carbonyl (C=O) groups is 3. The maximum Gasteiger partial charge on any atom is 0.253 e. The number of benzene rings is 1. The van der Waals surface area contributed by atoms with Crippen molar-refractivity contribution >= 4 is 91.2 Å². The van der Waals surface area contributed by atoms with Crippen molar-refractivity contribution in [2.75, 3.05) is 44.4 Å². The highest BCUT2D eigenvalue weighted by Crippen LogP contribution is 2.38. The minimum absolute atomic E-state index is 0.172. The molecule has 2 saturated heterocycles. The molecule has 15 heteroatoms. The first kappa shape index (κ1) is 34.1. The molecule has 3 atom stereocenters. The van der Waals surface area contributed by atoms with Crippen LogP contribution in [0.3, 0.4) is 0 Å². The molecule has 40 heavy (non-hydrogen) atoms. The molecule has 0 radical (unpaired) electrons. The third kappa shape index (κ3) is 8.35. The monoisotopic (exact) mass is 901 g/mol.